The summed E-state index contributed by atoms with van der Waals surface area (Å²) in [5.41, 5.74) is -0.929. The number of fused-ring (bicyclic) bond motifs is 1. The van der Waals surface area contributed by atoms with Gasteiger partial charge < -0.3 is 30.5 Å². The number of likely N-dealkylation sites (N-methyl/N-ethyl adjacent to an activating group) is 1. The molecule has 1 aliphatic heterocycles. The van der Waals surface area contributed by atoms with Crippen molar-refractivity contribution in [1.82, 2.24) is 5.32 Å². The molecule has 0 fully saturated rings. The number of carbonyl (C=O) groups is 3. The molecule has 1 heterocycles. The Bertz CT molecular complexity index is 678. The van der Waals surface area contributed by atoms with Gasteiger partial charge in [0.15, 0.2) is 5.60 Å². The Morgan fingerprint density at radius 3 is 2.30 bits per heavy atom. The first kappa shape index (κ1) is 22.5. The van der Waals surface area contributed by atoms with Gasteiger partial charge in [-0.3, -0.25) is 9.59 Å². The second-order valence-electron chi connectivity index (χ2n) is 5.96. The molecule has 2 rings (SSSR count). The van der Waals surface area contributed by atoms with Crippen molar-refractivity contribution in [2.24, 2.45) is 0 Å². The second kappa shape index (κ2) is 9.95. The number of carboxylic acids is 3. The molecule has 1 aromatic carbocycles. The van der Waals surface area contributed by atoms with Crippen LogP contribution in [0.3, 0.4) is 0 Å². The van der Waals surface area contributed by atoms with Crippen molar-refractivity contribution < 1.29 is 43.9 Å². The van der Waals surface area contributed by atoms with Gasteiger partial charge in [-0.15, -0.1) is 0 Å². The zero-order valence-electron chi connectivity index (χ0n) is 14.6. The molecule has 0 aromatic heterocycles. The lowest BCUT2D eigenvalue weighted by molar-refractivity contribution is -0.170. The molecule has 150 valence electrons. The molecule has 10 heteroatoms. The van der Waals surface area contributed by atoms with Gasteiger partial charge in [-0.1, -0.05) is 12.1 Å². The van der Waals surface area contributed by atoms with Gasteiger partial charge in [0.1, 0.15) is 5.82 Å². The van der Waals surface area contributed by atoms with Gasteiger partial charge >= 0.3 is 17.9 Å². The van der Waals surface area contributed by atoms with Crippen LogP contribution >= 0.6 is 0 Å². The van der Waals surface area contributed by atoms with Gasteiger partial charge in [0.2, 0.25) is 0 Å². The highest BCUT2D eigenvalue weighted by Gasteiger charge is 2.40. The summed E-state index contributed by atoms with van der Waals surface area (Å²) in [5.74, 6) is -5.17. The van der Waals surface area contributed by atoms with E-state index >= 15 is 0 Å². The monoisotopic (exact) mass is 387 g/mol. The number of rotatable bonds is 7. The van der Waals surface area contributed by atoms with E-state index in [1.54, 1.807) is 6.07 Å². The minimum atomic E-state index is -2.74. The van der Waals surface area contributed by atoms with Crippen LogP contribution in [0.5, 0.6) is 0 Å². The number of ether oxygens (including phenoxy) is 1. The zero-order chi connectivity index (χ0) is 20.6. The maximum absolute atomic E-state index is 13.5. The molecule has 1 aromatic rings. The Hall–Kier alpha value is -2.56. The Morgan fingerprint density at radius 1 is 1.22 bits per heavy atom. The molecule has 0 radical (unpaired) electrons. The minimum Gasteiger partial charge on any atom is -0.481 e. The average molecular weight is 387 g/mol. The topological polar surface area (TPSA) is 153 Å². The summed E-state index contributed by atoms with van der Waals surface area (Å²) in [5, 5.41) is 36.8. The fourth-order valence-corrected chi connectivity index (χ4v) is 2.62. The first-order valence-corrected chi connectivity index (χ1v) is 8.03. The highest BCUT2D eigenvalue weighted by molar-refractivity contribution is 5.88. The molecule has 9 nitrogen and oxygen atoms in total. The smallest absolute Gasteiger partial charge is 0.336 e. The number of hydrogen-bond acceptors (Lipinski definition) is 6. The highest BCUT2D eigenvalue weighted by Crippen LogP contribution is 2.28. The molecule has 0 saturated carbocycles. The van der Waals surface area contributed by atoms with E-state index in [1.165, 1.54) is 6.07 Å². The number of aliphatic carboxylic acids is 3. The largest absolute Gasteiger partial charge is 0.481 e. The fraction of sp³-hybridized carbons (Fsp3) is 0.471. The van der Waals surface area contributed by atoms with Gasteiger partial charge in [0.05, 0.1) is 25.6 Å². The lowest BCUT2D eigenvalue weighted by Gasteiger charge is -2.26. The van der Waals surface area contributed by atoms with Crippen LogP contribution in [-0.2, 0) is 25.5 Å². The number of carboxylic acid groups (broad SMARTS) is 3. The molecule has 5 N–H and O–H groups in total. The van der Waals surface area contributed by atoms with Crippen LogP contribution < -0.4 is 5.32 Å². The maximum Gasteiger partial charge on any atom is 0.336 e. The van der Waals surface area contributed by atoms with Gasteiger partial charge in [0.25, 0.3) is 0 Å². The van der Waals surface area contributed by atoms with Crippen LogP contribution in [0, 0.1) is 5.82 Å². The number of aliphatic hydroxyl groups is 1. The van der Waals surface area contributed by atoms with Gasteiger partial charge in [-0.05, 0) is 25.1 Å². The molecule has 1 atom stereocenters. The van der Waals surface area contributed by atoms with E-state index in [4.69, 9.17) is 25.2 Å². The summed E-state index contributed by atoms with van der Waals surface area (Å²) in [6.07, 6.45) is -1.61. The summed E-state index contributed by atoms with van der Waals surface area (Å²) in [4.78, 5) is 30.5. The number of benzene rings is 1. The Labute approximate surface area is 154 Å². The molecule has 0 saturated heterocycles. The molecule has 0 bridgehead atoms. The predicted molar refractivity (Wildman–Crippen MR) is 89.8 cm³/mol. The molecule has 0 aliphatic carbocycles. The number of nitrogens with one attached hydrogen (secondary N) is 1. The van der Waals surface area contributed by atoms with Crippen molar-refractivity contribution in [3.8, 4) is 0 Å². The lowest BCUT2D eigenvalue weighted by atomic mass is 9.96. The number of hydrogen-bond donors (Lipinski definition) is 5. The van der Waals surface area contributed by atoms with E-state index in [9.17, 15) is 18.8 Å². The molecule has 0 spiro atoms. The quantitative estimate of drug-likeness (QED) is 0.447. The highest BCUT2D eigenvalue weighted by atomic mass is 19.1. The molecule has 1 unspecified atom stereocenters. The van der Waals surface area contributed by atoms with Crippen LogP contribution in [0.1, 0.15) is 30.1 Å². The van der Waals surface area contributed by atoms with Gasteiger partial charge in [-0.25, -0.2) is 9.18 Å². The van der Waals surface area contributed by atoms with E-state index in [0.29, 0.717) is 13.2 Å². The average Bonchev–Trinajstić information content (AvgIpc) is 2.54. The van der Waals surface area contributed by atoms with Crippen molar-refractivity contribution >= 4 is 17.9 Å². The molecule has 1 aliphatic rings. The summed E-state index contributed by atoms with van der Waals surface area (Å²) in [6, 6.07) is 5.23. The van der Waals surface area contributed by atoms with Crippen LogP contribution in [0.25, 0.3) is 0 Å². The Kier molecular flexibility index (Phi) is 8.29. The van der Waals surface area contributed by atoms with Crippen LogP contribution in [0.4, 0.5) is 4.39 Å². The third-order valence-corrected chi connectivity index (χ3v) is 3.83. The SMILES string of the molecule is CNCC1OCCc2cccc(F)c21.O=C(O)CC(O)(CC(=O)O)C(=O)O. The van der Waals surface area contributed by atoms with Crippen LogP contribution in [-0.4, -0.2) is 64.1 Å². The lowest BCUT2D eigenvalue weighted by Crippen LogP contribution is -2.42. The first-order chi connectivity index (χ1) is 12.6. The third kappa shape index (κ3) is 6.59. The number of halogens is 1. The molecular weight excluding hydrogens is 365 g/mol. The van der Waals surface area contributed by atoms with E-state index in [1.807, 2.05) is 13.1 Å². The summed E-state index contributed by atoms with van der Waals surface area (Å²) >= 11 is 0. The normalized spacial score (nSPS) is 15.9. The summed E-state index contributed by atoms with van der Waals surface area (Å²) in [7, 11) is 1.85. The van der Waals surface area contributed by atoms with Crippen molar-refractivity contribution in [2.45, 2.75) is 31.0 Å². The van der Waals surface area contributed by atoms with Crippen molar-refractivity contribution in [3.05, 3.63) is 35.1 Å². The predicted octanol–water partition coefficient (Wildman–Crippen LogP) is 0.410. The fourth-order valence-electron chi connectivity index (χ4n) is 2.62. The molecular formula is C17H22FNO8. The van der Waals surface area contributed by atoms with Crippen molar-refractivity contribution in [3.63, 3.8) is 0 Å². The van der Waals surface area contributed by atoms with Crippen LogP contribution in [0.2, 0.25) is 0 Å². The maximum atomic E-state index is 13.5. The summed E-state index contributed by atoms with van der Waals surface area (Å²) in [6.45, 7) is 1.34. The standard InChI is InChI=1S/C11H14FNO.C6H8O7/c1-13-7-10-11-8(5-6-14-10)3-2-4-9(11)12;7-3(8)1-6(13,5(11)12)2-4(9)10/h2-4,10,13H,5-7H2,1H3;13H,1-2H2,(H,7,8)(H,9,10)(H,11,12). The molecule has 0 amide bonds. The van der Waals surface area contributed by atoms with E-state index in [-0.39, 0.29) is 11.9 Å². The van der Waals surface area contributed by atoms with Gasteiger partial charge in [0, 0.05) is 12.1 Å². The van der Waals surface area contributed by atoms with Crippen LogP contribution in [0.15, 0.2) is 18.2 Å². The zero-order valence-corrected chi connectivity index (χ0v) is 14.6. The van der Waals surface area contributed by atoms with E-state index < -0.39 is 36.4 Å². The third-order valence-electron chi connectivity index (χ3n) is 3.83. The molecule has 27 heavy (non-hydrogen) atoms. The first-order valence-electron chi connectivity index (χ1n) is 8.03. The Morgan fingerprint density at radius 2 is 1.81 bits per heavy atom. The summed E-state index contributed by atoms with van der Waals surface area (Å²) < 4.78 is 19.1. The van der Waals surface area contributed by atoms with Gasteiger partial charge in [-0.2, -0.15) is 0 Å². The van der Waals surface area contributed by atoms with Crippen molar-refractivity contribution in [2.75, 3.05) is 20.2 Å². The van der Waals surface area contributed by atoms with Crippen molar-refractivity contribution in [1.29, 1.82) is 0 Å². The minimum absolute atomic E-state index is 0.134. The van der Waals surface area contributed by atoms with E-state index in [2.05, 4.69) is 5.32 Å². The van der Waals surface area contributed by atoms with E-state index in [0.717, 1.165) is 17.5 Å². The Balaban J connectivity index is 0.000000271. The second-order valence-corrected chi connectivity index (χ2v) is 5.96.